The summed E-state index contributed by atoms with van der Waals surface area (Å²) in [6.07, 6.45) is 2.95. The fraction of sp³-hybridized carbons (Fsp3) is 0.455. The van der Waals surface area contributed by atoms with E-state index in [2.05, 4.69) is 0 Å². The second-order valence-corrected chi connectivity index (χ2v) is 7.47. The number of fused-ring (bicyclic) bond motifs is 6. The first kappa shape index (κ1) is 20.4. The molecule has 2 atom stereocenters. The summed E-state index contributed by atoms with van der Waals surface area (Å²) in [5.41, 5.74) is 1.80. The zero-order valence-corrected chi connectivity index (χ0v) is 17.1. The Hall–Kier alpha value is -2.84. The molecule has 1 N–H and O–H groups in total. The minimum absolute atomic E-state index is 0.00897. The highest BCUT2D eigenvalue weighted by atomic mass is 16.5. The van der Waals surface area contributed by atoms with Crippen molar-refractivity contribution in [3.05, 3.63) is 45.7 Å². The first-order valence-electron chi connectivity index (χ1n) is 9.96. The predicted molar refractivity (Wildman–Crippen MR) is 109 cm³/mol. The maximum atomic E-state index is 12.4. The van der Waals surface area contributed by atoms with Gasteiger partial charge in [-0.05, 0) is 24.1 Å². The molecular weight excluding hydrogens is 390 g/mol. The molecule has 2 aliphatic heterocycles. The van der Waals surface area contributed by atoms with Crippen LogP contribution in [0.15, 0.2) is 29.2 Å². The molecule has 3 heterocycles. The van der Waals surface area contributed by atoms with Crippen molar-refractivity contribution in [3.63, 3.8) is 0 Å². The third-order valence-corrected chi connectivity index (χ3v) is 5.75. The van der Waals surface area contributed by atoms with Gasteiger partial charge < -0.3 is 28.6 Å². The van der Waals surface area contributed by atoms with Gasteiger partial charge in [0.2, 0.25) is 0 Å². The van der Waals surface area contributed by atoms with E-state index in [9.17, 15) is 14.7 Å². The van der Waals surface area contributed by atoms with Crippen LogP contribution in [0, 0.1) is 0 Å². The normalized spacial score (nSPS) is 19.4. The van der Waals surface area contributed by atoms with Crippen molar-refractivity contribution in [2.24, 2.45) is 0 Å². The highest BCUT2D eigenvalue weighted by molar-refractivity contribution is 5.88. The number of methoxy groups -OCH3 is 2. The Labute approximate surface area is 173 Å². The van der Waals surface area contributed by atoms with E-state index >= 15 is 0 Å². The molecule has 0 unspecified atom stereocenters. The van der Waals surface area contributed by atoms with Gasteiger partial charge in [-0.1, -0.05) is 0 Å². The molecule has 0 bridgehead atoms. The molecule has 2 aliphatic rings. The molecule has 0 radical (unpaired) electrons. The summed E-state index contributed by atoms with van der Waals surface area (Å²) in [6, 6.07) is 5.24. The topological polar surface area (TPSA) is 96.2 Å². The average Bonchev–Trinajstić information content (AvgIpc) is 2.75. The number of ether oxygens (including phenoxy) is 4. The van der Waals surface area contributed by atoms with E-state index in [0.29, 0.717) is 43.6 Å². The van der Waals surface area contributed by atoms with Crippen LogP contribution in [0.1, 0.15) is 40.7 Å². The number of carbonyl (C=O) groups is 1. The van der Waals surface area contributed by atoms with Gasteiger partial charge in [-0.15, -0.1) is 0 Å². The largest absolute Gasteiger partial charge is 0.493 e. The molecule has 160 valence electrons. The van der Waals surface area contributed by atoms with Crippen LogP contribution in [0.2, 0.25) is 0 Å². The number of hydrogen-bond acceptors (Lipinski definition) is 6. The maximum Gasteiger partial charge on any atom is 0.341 e. The summed E-state index contributed by atoms with van der Waals surface area (Å²) >= 11 is 0. The van der Waals surface area contributed by atoms with E-state index in [1.807, 2.05) is 16.7 Å². The molecule has 8 heteroatoms. The minimum Gasteiger partial charge on any atom is -0.493 e. The maximum absolute atomic E-state index is 12.4. The van der Waals surface area contributed by atoms with Crippen LogP contribution in [0.4, 0.5) is 0 Å². The van der Waals surface area contributed by atoms with E-state index in [1.165, 1.54) is 12.3 Å². The number of rotatable bonds is 7. The van der Waals surface area contributed by atoms with E-state index in [1.54, 1.807) is 14.2 Å². The van der Waals surface area contributed by atoms with Crippen molar-refractivity contribution < 1.29 is 28.8 Å². The van der Waals surface area contributed by atoms with E-state index in [4.69, 9.17) is 18.9 Å². The molecule has 0 amide bonds. The van der Waals surface area contributed by atoms with E-state index < -0.39 is 11.4 Å². The fourth-order valence-electron chi connectivity index (χ4n) is 4.32. The van der Waals surface area contributed by atoms with Gasteiger partial charge in [0.1, 0.15) is 5.56 Å². The number of hydrogen-bond donors (Lipinski definition) is 1. The molecule has 0 spiro atoms. The molecule has 1 aromatic heterocycles. The highest BCUT2D eigenvalue weighted by Gasteiger charge is 2.37. The second-order valence-electron chi connectivity index (χ2n) is 7.47. The lowest BCUT2D eigenvalue weighted by Crippen LogP contribution is -2.34. The zero-order chi connectivity index (χ0) is 21.3. The number of aromatic nitrogens is 1. The number of nitrogens with zero attached hydrogens (tertiary/aromatic N) is 1. The van der Waals surface area contributed by atoms with E-state index in [-0.39, 0.29) is 17.5 Å². The Bertz CT molecular complexity index is 1010. The van der Waals surface area contributed by atoms with Crippen LogP contribution in [-0.2, 0) is 9.47 Å². The van der Waals surface area contributed by atoms with Gasteiger partial charge in [0.25, 0.3) is 0 Å². The van der Waals surface area contributed by atoms with Gasteiger partial charge in [-0.3, -0.25) is 4.79 Å². The molecule has 30 heavy (non-hydrogen) atoms. The van der Waals surface area contributed by atoms with Gasteiger partial charge in [-0.25, -0.2) is 4.79 Å². The number of carboxylic acids is 1. The Morgan fingerprint density at radius 1 is 1.23 bits per heavy atom. The number of aromatic carboxylic acids is 1. The number of benzene rings is 1. The Morgan fingerprint density at radius 2 is 2.07 bits per heavy atom. The summed E-state index contributed by atoms with van der Waals surface area (Å²) in [4.78, 5) is 24.0. The number of carboxylic acid groups (broad SMARTS) is 1. The van der Waals surface area contributed by atoms with Gasteiger partial charge in [0, 0.05) is 56.5 Å². The standard InChI is InChI=1S/C22H25NO7/c1-27-5-3-6-30-21-8-13-14(9-20(21)28-2)18-10-19(24)15(22(25)26)11-23(18)17-4-7-29-12-16(13)17/h8-11,16-17H,3-7,12H2,1-2H3,(H,25,26)/t16-,17+/m1/s1. The fourth-order valence-corrected chi connectivity index (χ4v) is 4.32. The Kier molecular flexibility index (Phi) is 5.78. The summed E-state index contributed by atoms with van der Waals surface area (Å²) in [7, 11) is 3.22. The van der Waals surface area contributed by atoms with Crippen molar-refractivity contribution in [3.8, 4) is 22.8 Å². The third-order valence-electron chi connectivity index (χ3n) is 5.75. The lowest BCUT2D eigenvalue weighted by Gasteiger charge is -2.40. The van der Waals surface area contributed by atoms with Crippen molar-refractivity contribution in [2.45, 2.75) is 24.8 Å². The van der Waals surface area contributed by atoms with Crippen LogP contribution >= 0.6 is 0 Å². The van der Waals surface area contributed by atoms with E-state index in [0.717, 1.165) is 24.0 Å². The smallest absolute Gasteiger partial charge is 0.341 e. The highest BCUT2D eigenvalue weighted by Crippen LogP contribution is 2.48. The second kappa shape index (κ2) is 8.49. The summed E-state index contributed by atoms with van der Waals surface area (Å²) in [5.74, 6) is -0.00277. The van der Waals surface area contributed by atoms with Crippen LogP contribution < -0.4 is 14.9 Å². The minimum atomic E-state index is -1.22. The van der Waals surface area contributed by atoms with Crippen molar-refractivity contribution in [2.75, 3.05) is 40.6 Å². The monoisotopic (exact) mass is 415 g/mol. The molecular formula is C22H25NO7. The quantitative estimate of drug-likeness (QED) is 0.695. The van der Waals surface area contributed by atoms with Crippen LogP contribution in [-0.4, -0.2) is 56.3 Å². The van der Waals surface area contributed by atoms with Crippen molar-refractivity contribution in [1.82, 2.24) is 4.57 Å². The molecule has 8 nitrogen and oxygen atoms in total. The summed E-state index contributed by atoms with van der Waals surface area (Å²) in [6.45, 7) is 2.20. The van der Waals surface area contributed by atoms with Crippen LogP contribution in [0.25, 0.3) is 11.3 Å². The molecule has 4 rings (SSSR count). The van der Waals surface area contributed by atoms with Crippen molar-refractivity contribution >= 4 is 5.97 Å². The molecule has 1 saturated heterocycles. The van der Waals surface area contributed by atoms with Crippen LogP contribution in [0.3, 0.4) is 0 Å². The van der Waals surface area contributed by atoms with Gasteiger partial charge in [0.05, 0.1) is 26.0 Å². The molecule has 0 saturated carbocycles. The molecule has 2 aromatic rings. The average molecular weight is 415 g/mol. The first-order valence-corrected chi connectivity index (χ1v) is 9.96. The third kappa shape index (κ3) is 3.57. The van der Waals surface area contributed by atoms with Crippen LogP contribution in [0.5, 0.6) is 11.5 Å². The molecule has 0 aliphatic carbocycles. The SMILES string of the molecule is COCCCOc1cc2c(cc1OC)-c1cc(=O)c(C(=O)O)cn1[C@H]1CCOC[C@H]21. The summed E-state index contributed by atoms with van der Waals surface area (Å²) < 4.78 is 24.2. The molecule has 1 aromatic carbocycles. The molecule has 1 fully saturated rings. The number of pyridine rings is 1. The lowest BCUT2D eigenvalue weighted by molar-refractivity contribution is 0.0488. The summed E-state index contributed by atoms with van der Waals surface area (Å²) in [5, 5.41) is 9.41. The Balaban J connectivity index is 1.84. The predicted octanol–water partition coefficient (Wildman–Crippen LogP) is 2.70. The Morgan fingerprint density at radius 3 is 2.80 bits per heavy atom. The first-order chi connectivity index (χ1) is 14.5. The zero-order valence-electron chi connectivity index (χ0n) is 17.1. The van der Waals surface area contributed by atoms with Gasteiger partial charge in [-0.2, -0.15) is 0 Å². The lowest BCUT2D eigenvalue weighted by atomic mass is 9.80. The van der Waals surface area contributed by atoms with Gasteiger partial charge in [0.15, 0.2) is 16.9 Å². The van der Waals surface area contributed by atoms with Gasteiger partial charge >= 0.3 is 5.97 Å². The van der Waals surface area contributed by atoms with Crippen molar-refractivity contribution in [1.29, 1.82) is 0 Å².